The SMILES string of the molecule is CC(C)(C)OC(=O)Oc1ccc(Oc2ccc(OC(=O)OC(C)(C)C)c(N)c2)cc1N. The summed E-state index contributed by atoms with van der Waals surface area (Å²) < 4.78 is 26.1. The molecule has 9 nitrogen and oxygen atoms in total. The minimum atomic E-state index is -0.860. The predicted octanol–water partition coefficient (Wildman–Crippen LogP) is 5.27. The van der Waals surface area contributed by atoms with Gasteiger partial charge in [0.15, 0.2) is 11.5 Å². The minimum absolute atomic E-state index is 0.141. The molecule has 0 unspecified atom stereocenters. The summed E-state index contributed by atoms with van der Waals surface area (Å²) in [6, 6.07) is 9.08. The van der Waals surface area contributed by atoms with E-state index in [1.54, 1.807) is 53.7 Å². The van der Waals surface area contributed by atoms with Crippen molar-refractivity contribution >= 4 is 23.7 Å². The third kappa shape index (κ3) is 7.96. The summed E-state index contributed by atoms with van der Waals surface area (Å²) in [5.41, 5.74) is 10.9. The van der Waals surface area contributed by atoms with E-state index >= 15 is 0 Å². The predicted molar refractivity (Wildman–Crippen MR) is 116 cm³/mol. The zero-order valence-electron chi connectivity index (χ0n) is 18.5. The molecule has 0 saturated carbocycles. The molecule has 0 aliphatic heterocycles. The Morgan fingerprint density at radius 2 is 1.03 bits per heavy atom. The monoisotopic (exact) mass is 432 g/mol. The fourth-order valence-corrected chi connectivity index (χ4v) is 2.22. The van der Waals surface area contributed by atoms with Crippen LogP contribution in [0, 0.1) is 0 Å². The van der Waals surface area contributed by atoms with Crippen molar-refractivity contribution < 1.29 is 33.3 Å². The molecule has 4 N–H and O–H groups in total. The van der Waals surface area contributed by atoms with E-state index in [9.17, 15) is 9.59 Å². The van der Waals surface area contributed by atoms with E-state index in [-0.39, 0.29) is 22.9 Å². The molecular weight excluding hydrogens is 404 g/mol. The quantitative estimate of drug-likeness (QED) is 0.376. The van der Waals surface area contributed by atoms with Crippen LogP contribution in [-0.4, -0.2) is 23.5 Å². The maximum Gasteiger partial charge on any atom is 0.514 e. The second kappa shape index (κ2) is 9.03. The van der Waals surface area contributed by atoms with E-state index in [2.05, 4.69) is 0 Å². The van der Waals surface area contributed by atoms with Crippen LogP contribution < -0.4 is 25.7 Å². The summed E-state index contributed by atoms with van der Waals surface area (Å²) >= 11 is 0. The molecular formula is C22H28N2O7. The molecule has 0 spiro atoms. The molecule has 0 heterocycles. The summed E-state index contributed by atoms with van der Waals surface area (Å²) in [6.45, 7) is 10.4. The Hall–Kier alpha value is -3.62. The van der Waals surface area contributed by atoms with E-state index in [0.717, 1.165) is 0 Å². The molecule has 0 atom stereocenters. The Kier molecular flexibility index (Phi) is 6.89. The van der Waals surface area contributed by atoms with Gasteiger partial charge in [-0.15, -0.1) is 0 Å². The molecule has 31 heavy (non-hydrogen) atoms. The van der Waals surface area contributed by atoms with Crippen LogP contribution in [0.25, 0.3) is 0 Å². The molecule has 0 amide bonds. The zero-order valence-corrected chi connectivity index (χ0v) is 18.5. The van der Waals surface area contributed by atoms with Gasteiger partial charge in [0.1, 0.15) is 22.7 Å². The average molecular weight is 432 g/mol. The maximum absolute atomic E-state index is 11.8. The van der Waals surface area contributed by atoms with Gasteiger partial charge in [-0.1, -0.05) is 0 Å². The Morgan fingerprint density at radius 1 is 0.677 bits per heavy atom. The van der Waals surface area contributed by atoms with Crippen molar-refractivity contribution in [2.75, 3.05) is 11.5 Å². The molecule has 0 aliphatic carbocycles. The maximum atomic E-state index is 11.8. The van der Waals surface area contributed by atoms with Gasteiger partial charge in [-0.05, 0) is 65.8 Å². The average Bonchev–Trinajstić information content (AvgIpc) is 2.56. The molecule has 0 bridgehead atoms. The molecule has 0 aromatic heterocycles. The molecule has 0 fully saturated rings. The molecule has 2 aromatic rings. The molecule has 0 radical (unpaired) electrons. The number of nitrogens with two attached hydrogens (primary N) is 2. The summed E-state index contributed by atoms with van der Waals surface area (Å²) in [4.78, 5) is 23.6. The number of ether oxygens (including phenoxy) is 5. The van der Waals surface area contributed by atoms with Gasteiger partial charge in [0.25, 0.3) is 0 Å². The second-order valence-corrected chi connectivity index (χ2v) is 8.63. The molecule has 9 heteroatoms. The lowest BCUT2D eigenvalue weighted by atomic mass is 10.2. The van der Waals surface area contributed by atoms with Crippen LogP contribution in [0.15, 0.2) is 36.4 Å². The number of hydrogen-bond acceptors (Lipinski definition) is 9. The van der Waals surface area contributed by atoms with Crippen LogP contribution in [0.1, 0.15) is 41.5 Å². The number of hydrogen-bond donors (Lipinski definition) is 2. The van der Waals surface area contributed by atoms with Gasteiger partial charge in [-0.25, -0.2) is 9.59 Å². The van der Waals surface area contributed by atoms with Crippen molar-refractivity contribution in [1.82, 2.24) is 0 Å². The van der Waals surface area contributed by atoms with Crippen LogP contribution in [0.5, 0.6) is 23.0 Å². The number of anilines is 2. The minimum Gasteiger partial charge on any atom is -0.457 e. The molecule has 168 valence electrons. The summed E-state index contributed by atoms with van der Waals surface area (Å²) in [5, 5.41) is 0. The van der Waals surface area contributed by atoms with Crippen LogP contribution in [0.3, 0.4) is 0 Å². The first kappa shape index (κ1) is 23.7. The largest absolute Gasteiger partial charge is 0.514 e. The highest BCUT2D eigenvalue weighted by Gasteiger charge is 2.20. The van der Waals surface area contributed by atoms with Crippen molar-refractivity contribution in [2.24, 2.45) is 0 Å². The Bertz CT molecular complexity index is 882. The third-order valence-corrected chi connectivity index (χ3v) is 3.36. The number of nitrogen functional groups attached to an aromatic ring is 2. The van der Waals surface area contributed by atoms with E-state index in [0.29, 0.717) is 11.5 Å². The van der Waals surface area contributed by atoms with Crippen LogP contribution in [-0.2, 0) is 9.47 Å². The fraction of sp³-hybridized carbons (Fsp3) is 0.364. The van der Waals surface area contributed by atoms with Crippen LogP contribution in [0.4, 0.5) is 21.0 Å². The highest BCUT2D eigenvalue weighted by molar-refractivity contribution is 5.70. The third-order valence-electron chi connectivity index (χ3n) is 3.36. The van der Waals surface area contributed by atoms with Crippen molar-refractivity contribution in [3.8, 4) is 23.0 Å². The van der Waals surface area contributed by atoms with E-state index in [4.69, 9.17) is 35.2 Å². The smallest absolute Gasteiger partial charge is 0.457 e. The van der Waals surface area contributed by atoms with Crippen LogP contribution in [0.2, 0.25) is 0 Å². The summed E-state index contributed by atoms with van der Waals surface area (Å²) in [6.07, 6.45) is -1.72. The van der Waals surface area contributed by atoms with Crippen molar-refractivity contribution in [1.29, 1.82) is 0 Å². The normalized spacial score (nSPS) is 11.4. The topological polar surface area (TPSA) is 132 Å². The first-order valence-corrected chi connectivity index (χ1v) is 9.50. The van der Waals surface area contributed by atoms with Crippen LogP contribution >= 0.6 is 0 Å². The van der Waals surface area contributed by atoms with Gasteiger partial charge in [0, 0.05) is 12.1 Å². The van der Waals surface area contributed by atoms with Gasteiger partial charge >= 0.3 is 12.3 Å². The van der Waals surface area contributed by atoms with Gasteiger partial charge in [0.05, 0.1) is 11.4 Å². The van der Waals surface area contributed by atoms with Crippen molar-refractivity contribution in [2.45, 2.75) is 52.7 Å². The lowest BCUT2D eigenvalue weighted by molar-refractivity contribution is 0.0194. The van der Waals surface area contributed by atoms with E-state index < -0.39 is 23.5 Å². The van der Waals surface area contributed by atoms with Gasteiger partial charge in [0.2, 0.25) is 0 Å². The molecule has 0 aliphatic rings. The highest BCUT2D eigenvalue weighted by atomic mass is 16.7. The standard InChI is InChI=1S/C22H28N2O7/c1-21(2,3)30-19(25)28-17-9-7-13(11-15(17)23)27-14-8-10-18(16(24)12-14)29-20(26)31-22(4,5)6/h7-12H,23-24H2,1-6H3. The number of carbonyl (C=O) groups is 2. The Labute approximate surface area is 181 Å². The molecule has 2 aromatic carbocycles. The van der Waals surface area contributed by atoms with Gasteiger partial charge in [-0.2, -0.15) is 0 Å². The van der Waals surface area contributed by atoms with Crippen molar-refractivity contribution in [3.63, 3.8) is 0 Å². The number of rotatable bonds is 4. The Balaban J connectivity index is 2.04. The van der Waals surface area contributed by atoms with E-state index in [1.807, 2.05) is 0 Å². The van der Waals surface area contributed by atoms with Crippen molar-refractivity contribution in [3.05, 3.63) is 36.4 Å². The second-order valence-electron chi connectivity index (χ2n) is 8.63. The first-order valence-electron chi connectivity index (χ1n) is 9.50. The Morgan fingerprint density at radius 3 is 1.32 bits per heavy atom. The van der Waals surface area contributed by atoms with E-state index in [1.165, 1.54) is 24.3 Å². The lowest BCUT2D eigenvalue weighted by Gasteiger charge is -2.19. The van der Waals surface area contributed by atoms with Gasteiger partial charge < -0.3 is 35.2 Å². The number of carbonyl (C=O) groups excluding carboxylic acids is 2. The zero-order chi connectivity index (χ0) is 23.4. The lowest BCUT2D eigenvalue weighted by Crippen LogP contribution is -2.26. The molecule has 2 rings (SSSR count). The summed E-state index contributed by atoms with van der Waals surface area (Å²) in [7, 11) is 0. The molecule has 0 saturated heterocycles. The summed E-state index contributed by atoms with van der Waals surface area (Å²) in [5.74, 6) is 1.05. The fourth-order valence-electron chi connectivity index (χ4n) is 2.22. The highest BCUT2D eigenvalue weighted by Crippen LogP contribution is 2.33. The first-order chi connectivity index (χ1) is 14.2. The number of benzene rings is 2. The van der Waals surface area contributed by atoms with Gasteiger partial charge in [-0.3, -0.25) is 0 Å².